The summed E-state index contributed by atoms with van der Waals surface area (Å²) >= 11 is 0. The molecule has 0 unspecified atom stereocenters. The van der Waals surface area contributed by atoms with Crippen LogP contribution in [0.2, 0.25) is 0 Å². The smallest absolute Gasteiger partial charge is 0.182 e. The number of H-pyrrole nitrogens is 1. The van der Waals surface area contributed by atoms with Crippen LogP contribution in [0.3, 0.4) is 0 Å². The molecule has 0 aliphatic heterocycles. The molecule has 0 radical (unpaired) electrons. The van der Waals surface area contributed by atoms with Gasteiger partial charge in [0.2, 0.25) is 0 Å². The van der Waals surface area contributed by atoms with E-state index in [0.717, 1.165) is 10.9 Å². The topological polar surface area (TPSA) is 70.2 Å². The Labute approximate surface area is 193 Å². The quantitative estimate of drug-likeness (QED) is 0.360. The van der Waals surface area contributed by atoms with Crippen molar-refractivity contribution in [3.05, 3.63) is 138 Å². The predicted molar refractivity (Wildman–Crippen MR) is 131 cm³/mol. The molecule has 0 saturated carbocycles. The fraction of sp³-hybridized carbons (Fsp3) is 0.0714. The fourth-order valence-corrected chi connectivity index (χ4v) is 5.79. The summed E-state index contributed by atoms with van der Waals surface area (Å²) in [7, 11) is -3.65. The first kappa shape index (κ1) is 21.2. The first-order valence-corrected chi connectivity index (χ1v) is 12.4. The van der Waals surface area contributed by atoms with E-state index in [1.807, 2.05) is 84.9 Å². The second-order valence-corrected chi connectivity index (χ2v) is 10.0. The van der Waals surface area contributed by atoms with Gasteiger partial charge in [0.1, 0.15) is 0 Å². The van der Waals surface area contributed by atoms with Gasteiger partial charge in [-0.25, -0.2) is 8.42 Å². The van der Waals surface area contributed by atoms with Gasteiger partial charge in [0.25, 0.3) is 0 Å². The highest BCUT2D eigenvalue weighted by Gasteiger charge is 2.39. The molecule has 1 heterocycles. The number of aliphatic hydroxyl groups is 1. The fourth-order valence-electron chi connectivity index (χ4n) is 4.37. The summed E-state index contributed by atoms with van der Waals surface area (Å²) in [6.07, 6.45) is 0. The lowest BCUT2D eigenvalue weighted by atomic mass is 9.82. The Morgan fingerprint density at radius 3 is 1.73 bits per heavy atom. The maximum absolute atomic E-state index is 13.4. The molecule has 4 aromatic carbocycles. The van der Waals surface area contributed by atoms with Crippen LogP contribution in [-0.2, 0) is 21.2 Å². The Balaban J connectivity index is 1.79. The van der Waals surface area contributed by atoms with Gasteiger partial charge in [0.05, 0.1) is 16.3 Å². The van der Waals surface area contributed by atoms with Crippen LogP contribution < -0.4 is 0 Å². The van der Waals surface area contributed by atoms with Gasteiger partial charge >= 0.3 is 0 Å². The molecular formula is C28H23NO3S. The largest absolute Gasteiger partial charge is 0.375 e. The molecule has 0 amide bonds. The molecule has 0 atom stereocenters. The van der Waals surface area contributed by atoms with Gasteiger partial charge in [-0.3, -0.25) is 0 Å². The standard InChI is InChI=1S/C28H23NO3S/c30-28(21-12-4-1-5-13-21,22-14-6-2-7-15-22)27-25(24-18-10-11-19-26(24)29-27)20-33(31,32)23-16-8-3-9-17-23/h1-19,29-30H,20H2. The first-order valence-electron chi connectivity index (χ1n) is 10.7. The van der Waals surface area contributed by atoms with E-state index in [-0.39, 0.29) is 10.6 Å². The van der Waals surface area contributed by atoms with E-state index in [1.165, 1.54) is 0 Å². The van der Waals surface area contributed by atoms with Crippen molar-refractivity contribution in [2.75, 3.05) is 0 Å². The Morgan fingerprint density at radius 2 is 1.15 bits per heavy atom. The van der Waals surface area contributed by atoms with E-state index >= 15 is 0 Å². The van der Waals surface area contributed by atoms with Crippen molar-refractivity contribution in [2.24, 2.45) is 0 Å². The normalized spacial score (nSPS) is 12.2. The minimum atomic E-state index is -3.65. The molecule has 33 heavy (non-hydrogen) atoms. The number of aromatic nitrogens is 1. The molecule has 0 bridgehead atoms. The number of benzene rings is 4. The van der Waals surface area contributed by atoms with Gasteiger partial charge in [-0.2, -0.15) is 0 Å². The molecule has 0 spiro atoms. The third-order valence-corrected chi connectivity index (χ3v) is 7.65. The molecule has 0 aliphatic rings. The van der Waals surface area contributed by atoms with Crippen LogP contribution in [0.5, 0.6) is 0 Å². The summed E-state index contributed by atoms with van der Waals surface area (Å²) in [5, 5.41) is 13.1. The molecule has 1 aromatic heterocycles. The highest BCUT2D eigenvalue weighted by molar-refractivity contribution is 7.90. The summed E-state index contributed by atoms with van der Waals surface area (Å²) in [4.78, 5) is 3.62. The Bertz CT molecular complexity index is 1450. The molecule has 0 saturated heterocycles. The summed E-state index contributed by atoms with van der Waals surface area (Å²) in [6, 6.07) is 34.7. The lowest BCUT2D eigenvalue weighted by molar-refractivity contribution is 0.121. The van der Waals surface area contributed by atoms with Crippen LogP contribution >= 0.6 is 0 Å². The lowest BCUT2D eigenvalue weighted by Gasteiger charge is -2.30. The van der Waals surface area contributed by atoms with Crippen LogP contribution in [0.15, 0.2) is 120 Å². The molecule has 164 valence electrons. The minimum Gasteiger partial charge on any atom is -0.375 e. The Morgan fingerprint density at radius 1 is 0.667 bits per heavy atom. The van der Waals surface area contributed by atoms with Gasteiger partial charge < -0.3 is 10.1 Å². The van der Waals surface area contributed by atoms with Crippen molar-refractivity contribution in [3.8, 4) is 0 Å². The van der Waals surface area contributed by atoms with Gasteiger partial charge in [-0.1, -0.05) is 97.1 Å². The van der Waals surface area contributed by atoms with E-state index < -0.39 is 15.4 Å². The number of hydrogen-bond donors (Lipinski definition) is 2. The highest BCUT2D eigenvalue weighted by atomic mass is 32.2. The Kier molecular flexibility index (Phi) is 5.36. The van der Waals surface area contributed by atoms with Crippen molar-refractivity contribution >= 4 is 20.7 Å². The number of hydrogen-bond acceptors (Lipinski definition) is 3. The maximum Gasteiger partial charge on any atom is 0.182 e. The van der Waals surface area contributed by atoms with Crippen molar-refractivity contribution in [2.45, 2.75) is 16.2 Å². The monoisotopic (exact) mass is 453 g/mol. The second kappa shape index (κ2) is 8.35. The summed E-state index contributed by atoms with van der Waals surface area (Å²) in [5.41, 5.74) is 1.53. The number of aromatic amines is 1. The van der Waals surface area contributed by atoms with Gasteiger partial charge in [0, 0.05) is 10.9 Å². The molecule has 5 aromatic rings. The molecule has 2 N–H and O–H groups in total. The maximum atomic E-state index is 13.4. The molecule has 0 aliphatic carbocycles. The van der Waals surface area contributed by atoms with Gasteiger partial charge in [-0.05, 0) is 34.9 Å². The van der Waals surface area contributed by atoms with Gasteiger partial charge in [0.15, 0.2) is 15.4 Å². The SMILES string of the molecule is O=S(=O)(Cc1c(C(O)(c2ccccc2)c2ccccc2)[nH]c2ccccc12)c1ccccc1. The summed E-state index contributed by atoms with van der Waals surface area (Å²) in [6.45, 7) is 0. The lowest BCUT2D eigenvalue weighted by Crippen LogP contribution is -2.31. The highest BCUT2D eigenvalue weighted by Crippen LogP contribution is 2.41. The van der Waals surface area contributed by atoms with Crippen LogP contribution in [0.25, 0.3) is 10.9 Å². The zero-order chi connectivity index (χ0) is 22.9. The Hall–Kier alpha value is -3.67. The molecule has 5 heteroatoms. The summed E-state index contributed by atoms with van der Waals surface area (Å²) in [5.74, 6) is -0.238. The van der Waals surface area contributed by atoms with E-state index in [0.29, 0.717) is 22.4 Å². The third-order valence-electron chi connectivity index (χ3n) is 6.00. The number of fused-ring (bicyclic) bond motifs is 1. The average molecular weight is 454 g/mol. The molecule has 0 fully saturated rings. The van der Waals surface area contributed by atoms with Crippen molar-refractivity contribution in [3.63, 3.8) is 0 Å². The minimum absolute atomic E-state index is 0.238. The van der Waals surface area contributed by atoms with E-state index in [4.69, 9.17) is 0 Å². The van der Waals surface area contributed by atoms with Crippen LogP contribution in [-0.4, -0.2) is 18.5 Å². The second-order valence-electron chi connectivity index (χ2n) is 8.04. The summed E-state index contributed by atoms with van der Waals surface area (Å²) < 4.78 is 26.8. The van der Waals surface area contributed by atoms with Crippen molar-refractivity contribution in [1.82, 2.24) is 4.98 Å². The van der Waals surface area contributed by atoms with E-state index in [9.17, 15) is 13.5 Å². The molecular weight excluding hydrogens is 430 g/mol. The molecule has 4 nitrogen and oxygen atoms in total. The number of nitrogens with one attached hydrogen (secondary N) is 1. The zero-order valence-corrected chi connectivity index (χ0v) is 18.7. The number of rotatable bonds is 6. The number of para-hydroxylation sites is 1. The first-order chi connectivity index (χ1) is 16.0. The van der Waals surface area contributed by atoms with Crippen molar-refractivity contribution in [1.29, 1.82) is 0 Å². The van der Waals surface area contributed by atoms with Crippen LogP contribution in [0, 0.1) is 0 Å². The van der Waals surface area contributed by atoms with Crippen LogP contribution in [0.1, 0.15) is 22.4 Å². The van der Waals surface area contributed by atoms with Crippen LogP contribution in [0.4, 0.5) is 0 Å². The van der Waals surface area contributed by atoms with E-state index in [2.05, 4.69) is 4.98 Å². The van der Waals surface area contributed by atoms with Crippen molar-refractivity contribution < 1.29 is 13.5 Å². The predicted octanol–water partition coefficient (Wildman–Crippen LogP) is 5.43. The number of sulfone groups is 1. The molecule has 5 rings (SSSR count). The average Bonchev–Trinajstić information content (AvgIpc) is 3.23. The van der Waals surface area contributed by atoms with E-state index in [1.54, 1.807) is 30.3 Å². The third kappa shape index (κ3) is 3.75. The zero-order valence-electron chi connectivity index (χ0n) is 17.8. The van der Waals surface area contributed by atoms with Gasteiger partial charge in [-0.15, -0.1) is 0 Å².